The van der Waals surface area contributed by atoms with Crippen LogP contribution in [0, 0.1) is 0 Å². The Labute approximate surface area is 67.9 Å². The van der Waals surface area contributed by atoms with Gasteiger partial charge in [-0.05, 0) is 6.92 Å². The van der Waals surface area contributed by atoms with E-state index < -0.39 is 0 Å². The topological polar surface area (TPSA) is 0 Å². The first-order valence-corrected chi connectivity index (χ1v) is 3.96. The molecule has 0 saturated carbocycles. The third-order valence-corrected chi connectivity index (χ3v) is 1.94. The molecule has 0 aliphatic heterocycles. The van der Waals surface area contributed by atoms with E-state index in [-0.39, 0.29) is 5.25 Å². The van der Waals surface area contributed by atoms with Gasteiger partial charge in [-0.1, -0.05) is 24.3 Å². The number of rotatable bonds is 3. The average molecular weight is 160 g/mol. The number of thiol groups is 2. The summed E-state index contributed by atoms with van der Waals surface area (Å²) in [7, 11) is 0. The first-order valence-electron chi connectivity index (χ1n) is 2.81. The van der Waals surface area contributed by atoms with Gasteiger partial charge in [0.2, 0.25) is 0 Å². The zero-order valence-corrected chi connectivity index (χ0v) is 7.33. The Balaban J connectivity index is 3.72. The molecule has 0 spiro atoms. The Kier molecular flexibility index (Phi) is 5.10. The third kappa shape index (κ3) is 3.71. The first kappa shape index (κ1) is 9.18. The smallest absolute Gasteiger partial charge is 0.0411 e. The second-order valence-corrected chi connectivity index (χ2v) is 2.66. The molecule has 0 aliphatic rings. The molecule has 0 heterocycles. The number of hydrogen-bond donors (Lipinski definition) is 2. The van der Waals surface area contributed by atoms with Gasteiger partial charge in [0.25, 0.3) is 0 Å². The molecule has 9 heavy (non-hydrogen) atoms. The van der Waals surface area contributed by atoms with Crippen LogP contribution in [0.15, 0.2) is 24.3 Å². The molecule has 0 amide bonds. The summed E-state index contributed by atoms with van der Waals surface area (Å²) in [4.78, 5) is 0. The minimum atomic E-state index is 0.174. The monoisotopic (exact) mass is 160 g/mol. The van der Waals surface area contributed by atoms with E-state index in [0.717, 1.165) is 5.57 Å². The predicted molar refractivity (Wildman–Crippen MR) is 50.6 cm³/mol. The zero-order chi connectivity index (χ0) is 7.28. The Morgan fingerprint density at radius 2 is 2.33 bits per heavy atom. The second-order valence-electron chi connectivity index (χ2n) is 1.79. The Morgan fingerprint density at radius 1 is 1.78 bits per heavy atom. The molecule has 0 bridgehead atoms. The summed E-state index contributed by atoms with van der Waals surface area (Å²) in [6.45, 7) is 5.75. The van der Waals surface area contributed by atoms with Crippen LogP contribution in [0.3, 0.4) is 0 Å². The molecule has 0 aromatic heterocycles. The minimum absolute atomic E-state index is 0.174. The fraction of sp³-hybridized carbons (Fsp3) is 0.429. The van der Waals surface area contributed by atoms with Crippen LogP contribution < -0.4 is 0 Å². The lowest BCUT2D eigenvalue weighted by atomic mass is 10.2. The quantitative estimate of drug-likeness (QED) is 0.459. The van der Waals surface area contributed by atoms with Gasteiger partial charge in [0.05, 0.1) is 0 Å². The summed E-state index contributed by atoms with van der Waals surface area (Å²) >= 11 is 8.32. The van der Waals surface area contributed by atoms with Gasteiger partial charge < -0.3 is 0 Å². The molecule has 0 N–H and O–H groups in total. The van der Waals surface area contributed by atoms with E-state index in [2.05, 4.69) is 31.8 Å². The predicted octanol–water partition coefficient (Wildman–Crippen LogP) is 2.35. The molecule has 0 saturated heterocycles. The van der Waals surface area contributed by atoms with Gasteiger partial charge in [-0.3, -0.25) is 0 Å². The highest BCUT2D eigenvalue weighted by atomic mass is 32.1. The SMILES string of the molecule is C=C(CS)C(S)C=CC. The van der Waals surface area contributed by atoms with Gasteiger partial charge in [-0.15, -0.1) is 0 Å². The third-order valence-electron chi connectivity index (χ3n) is 0.996. The van der Waals surface area contributed by atoms with Gasteiger partial charge in [0.15, 0.2) is 0 Å². The normalized spacial score (nSPS) is 14.1. The largest absolute Gasteiger partial charge is 0.175 e. The van der Waals surface area contributed by atoms with Crippen molar-refractivity contribution in [3.05, 3.63) is 24.3 Å². The molecule has 2 heteroatoms. The summed E-state index contributed by atoms with van der Waals surface area (Å²) in [5.41, 5.74) is 1.04. The molecule has 0 fully saturated rings. The molecular formula is C7H12S2. The maximum atomic E-state index is 4.25. The fourth-order valence-corrected chi connectivity index (χ4v) is 1.02. The maximum Gasteiger partial charge on any atom is 0.0411 e. The van der Waals surface area contributed by atoms with E-state index >= 15 is 0 Å². The Hall–Kier alpha value is 0.180. The lowest BCUT2D eigenvalue weighted by Gasteiger charge is -2.04. The van der Waals surface area contributed by atoms with Crippen molar-refractivity contribution in [1.82, 2.24) is 0 Å². The summed E-state index contributed by atoms with van der Waals surface area (Å²) in [6, 6.07) is 0. The van der Waals surface area contributed by atoms with Gasteiger partial charge in [-0.2, -0.15) is 25.3 Å². The van der Waals surface area contributed by atoms with Crippen LogP contribution in [0.2, 0.25) is 0 Å². The van der Waals surface area contributed by atoms with E-state index in [0.29, 0.717) is 5.75 Å². The molecule has 0 rings (SSSR count). The highest BCUT2D eigenvalue weighted by molar-refractivity contribution is 7.82. The molecule has 0 aromatic carbocycles. The van der Waals surface area contributed by atoms with Crippen LogP contribution >= 0.6 is 25.3 Å². The molecule has 1 unspecified atom stereocenters. The van der Waals surface area contributed by atoms with Crippen molar-refractivity contribution in [3.63, 3.8) is 0 Å². The fourth-order valence-electron chi connectivity index (χ4n) is 0.412. The van der Waals surface area contributed by atoms with Crippen LogP contribution in [0.25, 0.3) is 0 Å². The van der Waals surface area contributed by atoms with Crippen molar-refractivity contribution < 1.29 is 0 Å². The molecule has 0 aromatic rings. The first-order chi connectivity index (χ1) is 4.22. The molecule has 0 radical (unpaired) electrons. The van der Waals surface area contributed by atoms with Crippen LogP contribution in [0.5, 0.6) is 0 Å². The van der Waals surface area contributed by atoms with E-state index in [1.54, 1.807) is 0 Å². The molecular weight excluding hydrogens is 148 g/mol. The van der Waals surface area contributed by atoms with Gasteiger partial charge in [-0.25, -0.2) is 0 Å². The summed E-state index contributed by atoms with van der Waals surface area (Å²) in [5, 5.41) is 0.174. The van der Waals surface area contributed by atoms with Crippen molar-refractivity contribution in [3.8, 4) is 0 Å². The molecule has 0 aliphatic carbocycles. The summed E-state index contributed by atoms with van der Waals surface area (Å²) < 4.78 is 0. The van der Waals surface area contributed by atoms with Crippen molar-refractivity contribution in [1.29, 1.82) is 0 Å². The van der Waals surface area contributed by atoms with Gasteiger partial charge in [0, 0.05) is 11.0 Å². The lowest BCUT2D eigenvalue weighted by Crippen LogP contribution is -1.98. The highest BCUT2D eigenvalue weighted by Gasteiger charge is 1.98. The Morgan fingerprint density at radius 3 is 2.67 bits per heavy atom. The standard InChI is InChI=1S/C7H12S2/c1-3-4-7(9)6(2)5-8/h3-4,7-9H,2,5H2,1H3. The van der Waals surface area contributed by atoms with Crippen molar-refractivity contribution in [2.45, 2.75) is 12.2 Å². The van der Waals surface area contributed by atoms with Crippen molar-refractivity contribution >= 4 is 25.3 Å². The van der Waals surface area contributed by atoms with E-state index in [1.807, 2.05) is 19.1 Å². The van der Waals surface area contributed by atoms with Crippen molar-refractivity contribution in [2.75, 3.05) is 5.75 Å². The van der Waals surface area contributed by atoms with Crippen LogP contribution in [0.1, 0.15) is 6.92 Å². The lowest BCUT2D eigenvalue weighted by molar-refractivity contribution is 1.26. The highest BCUT2D eigenvalue weighted by Crippen LogP contribution is 2.09. The van der Waals surface area contributed by atoms with E-state index in [1.165, 1.54) is 0 Å². The Bertz CT molecular complexity index is 116. The van der Waals surface area contributed by atoms with Gasteiger partial charge >= 0.3 is 0 Å². The molecule has 52 valence electrons. The molecule has 1 atom stereocenters. The maximum absolute atomic E-state index is 4.25. The zero-order valence-electron chi connectivity index (χ0n) is 5.54. The van der Waals surface area contributed by atoms with Gasteiger partial charge in [0.1, 0.15) is 0 Å². The van der Waals surface area contributed by atoms with Crippen LogP contribution in [-0.4, -0.2) is 11.0 Å². The summed E-state index contributed by atoms with van der Waals surface area (Å²) in [6.07, 6.45) is 3.95. The number of allylic oxidation sites excluding steroid dienone is 1. The second kappa shape index (κ2) is 5.00. The van der Waals surface area contributed by atoms with Crippen LogP contribution in [0.4, 0.5) is 0 Å². The summed E-state index contributed by atoms with van der Waals surface area (Å²) in [5.74, 6) is 0.707. The average Bonchev–Trinajstić information content (AvgIpc) is 1.87. The van der Waals surface area contributed by atoms with E-state index in [9.17, 15) is 0 Å². The van der Waals surface area contributed by atoms with Crippen molar-refractivity contribution in [2.24, 2.45) is 0 Å². The minimum Gasteiger partial charge on any atom is -0.175 e. The van der Waals surface area contributed by atoms with Crippen LogP contribution in [-0.2, 0) is 0 Å². The molecule has 0 nitrogen and oxygen atoms in total. The number of hydrogen-bond acceptors (Lipinski definition) is 2. The van der Waals surface area contributed by atoms with E-state index in [4.69, 9.17) is 0 Å².